The summed E-state index contributed by atoms with van der Waals surface area (Å²) in [7, 11) is 1.78. The fourth-order valence-electron chi connectivity index (χ4n) is 1.39. The lowest BCUT2D eigenvalue weighted by molar-refractivity contribution is 0.552. The number of nitrogens with zero attached hydrogens (tertiary/aromatic N) is 4. The third-order valence-electron chi connectivity index (χ3n) is 2.08. The molecule has 1 atom stereocenters. The maximum absolute atomic E-state index is 5.99. The molecular formula is C7H10ClN7. The van der Waals surface area contributed by atoms with Crippen molar-refractivity contribution in [3.63, 3.8) is 0 Å². The Balaban J connectivity index is 2.44. The van der Waals surface area contributed by atoms with Gasteiger partial charge in [-0.05, 0) is 0 Å². The molecule has 0 spiro atoms. The molecule has 7 nitrogen and oxygen atoms in total. The minimum Gasteiger partial charge on any atom is -0.270 e. The highest BCUT2D eigenvalue weighted by Gasteiger charge is 2.21. The molecule has 0 fully saturated rings. The molecule has 0 bridgehead atoms. The number of nitrogens with two attached hydrogens (primary N) is 1. The zero-order valence-corrected chi connectivity index (χ0v) is 8.73. The summed E-state index contributed by atoms with van der Waals surface area (Å²) in [5, 5.41) is 11.0. The molecule has 4 N–H and O–H groups in total. The minimum absolute atomic E-state index is 0.354. The van der Waals surface area contributed by atoms with Crippen LogP contribution < -0.4 is 11.3 Å². The van der Waals surface area contributed by atoms with Gasteiger partial charge in [-0.1, -0.05) is 11.6 Å². The van der Waals surface area contributed by atoms with Gasteiger partial charge in [-0.2, -0.15) is 10.2 Å². The van der Waals surface area contributed by atoms with Crippen molar-refractivity contribution in [1.29, 1.82) is 0 Å². The van der Waals surface area contributed by atoms with Gasteiger partial charge >= 0.3 is 0 Å². The number of rotatable bonds is 3. The molecule has 0 radical (unpaired) electrons. The van der Waals surface area contributed by atoms with Gasteiger partial charge in [0, 0.05) is 7.05 Å². The van der Waals surface area contributed by atoms with E-state index in [0.29, 0.717) is 10.8 Å². The van der Waals surface area contributed by atoms with Gasteiger partial charge in [0.2, 0.25) is 0 Å². The molecule has 0 aliphatic heterocycles. The fourth-order valence-corrected chi connectivity index (χ4v) is 1.66. The van der Waals surface area contributed by atoms with Crippen LogP contribution in [0.15, 0.2) is 12.5 Å². The molecule has 15 heavy (non-hydrogen) atoms. The van der Waals surface area contributed by atoms with Gasteiger partial charge in [0.25, 0.3) is 0 Å². The van der Waals surface area contributed by atoms with Gasteiger partial charge < -0.3 is 0 Å². The average molecular weight is 228 g/mol. The van der Waals surface area contributed by atoms with Crippen LogP contribution in [0.4, 0.5) is 0 Å². The number of aryl methyl sites for hydroxylation is 1. The van der Waals surface area contributed by atoms with Crippen molar-refractivity contribution in [2.24, 2.45) is 12.9 Å². The first kappa shape index (κ1) is 10.1. The van der Waals surface area contributed by atoms with E-state index in [2.05, 4.69) is 25.7 Å². The Labute approximate surface area is 90.6 Å². The first-order chi connectivity index (χ1) is 7.24. The van der Waals surface area contributed by atoms with E-state index in [4.69, 9.17) is 17.4 Å². The Bertz CT molecular complexity index is 415. The zero-order valence-electron chi connectivity index (χ0n) is 7.98. The second kappa shape index (κ2) is 3.97. The van der Waals surface area contributed by atoms with E-state index in [9.17, 15) is 0 Å². The highest BCUT2D eigenvalue weighted by molar-refractivity contribution is 6.31. The van der Waals surface area contributed by atoms with Gasteiger partial charge in [0.05, 0.1) is 16.9 Å². The molecule has 2 rings (SSSR count). The van der Waals surface area contributed by atoms with E-state index in [1.54, 1.807) is 17.9 Å². The third kappa shape index (κ3) is 1.72. The second-order valence-corrected chi connectivity index (χ2v) is 3.38. The maximum Gasteiger partial charge on any atom is 0.148 e. The van der Waals surface area contributed by atoms with Gasteiger partial charge in [0.1, 0.15) is 18.2 Å². The number of aromatic amines is 1. The Hall–Kier alpha value is -1.44. The van der Waals surface area contributed by atoms with Crippen molar-refractivity contribution in [2.75, 3.05) is 0 Å². The van der Waals surface area contributed by atoms with E-state index in [1.165, 1.54) is 6.33 Å². The first-order valence-electron chi connectivity index (χ1n) is 4.22. The summed E-state index contributed by atoms with van der Waals surface area (Å²) in [6, 6.07) is -0.354. The number of halogens is 1. The smallest absolute Gasteiger partial charge is 0.148 e. The summed E-state index contributed by atoms with van der Waals surface area (Å²) >= 11 is 5.99. The molecule has 0 aliphatic carbocycles. The molecule has 2 heterocycles. The number of aromatic nitrogens is 5. The summed E-state index contributed by atoms with van der Waals surface area (Å²) in [5.74, 6) is 6.04. The molecular weight excluding hydrogens is 218 g/mol. The average Bonchev–Trinajstić information content (AvgIpc) is 2.83. The van der Waals surface area contributed by atoms with Gasteiger partial charge in [-0.25, -0.2) is 10.4 Å². The van der Waals surface area contributed by atoms with Crippen LogP contribution >= 0.6 is 11.6 Å². The number of hydrazine groups is 1. The van der Waals surface area contributed by atoms with E-state index < -0.39 is 0 Å². The molecule has 0 saturated heterocycles. The largest absolute Gasteiger partial charge is 0.270 e. The number of nitrogens with one attached hydrogen (secondary N) is 2. The van der Waals surface area contributed by atoms with E-state index >= 15 is 0 Å². The van der Waals surface area contributed by atoms with E-state index in [0.717, 1.165) is 5.69 Å². The quantitative estimate of drug-likeness (QED) is 0.496. The van der Waals surface area contributed by atoms with Crippen molar-refractivity contribution in [3.8, 4) is 0 Å². The molecule has 1 unspecified atom stereocenters. The molecule has 8 heteroatoms. The summed E-state index contributed by atoms with van der Waals surface area (Å²) in [6.45, 7) is 0. The Kier molecular flexibility index (Phi) is 2.67. The standard InChI is InChI=1S/C7H10ClN7/c1-15-6(4(8)2-12-15)5(13-9)7-10-3-11-14-7/h2-3,5,13H,9H2,1H3,(H,10,11,14). The van der Waals surface area contributed by atoms with Crippen LogP contribution in [0.5, 0.6) is 0 Å². The van der Waals surface area contributed by atoms with Crippen molar-refractivity contribution in [2.45, 2.75) is 6.04 Å². The van der Waals surface area contributed by atoms with Crippen LogP contribution in [0.3, 0.4) is 0 Å². The zero-order chi connectivity index (χ0) is 10.8. The SMILES string of the molecule is Cn1ncc(Cl)c1C(NN)c1ncn[nH]1. The molecule has 0 aromatic carbocycles. The topological polar surface area (TPSA) is 97.4 Å². The maximum atomic E-state index is 5.99. The lowest BCUT2D eigenvalue weighted by Gasteiger charge is -2.13. The summed E-state index contributed by atoms with van der Waals surface area (Å²) in [6.07, 6.45) is 2.96. The predicted octanol–water partition coefficient (Wildman–Crippen LogP) is -0.256. The number of hydrogen-bond donors (Lipinski definition) is 3. The molecule has 2 aromatic rings. The Morgan fingerprint density at radius 2 is 2.47 bits per heavy atom. The van der Waals surface area contributed by atoms with Crippen LogP contribution in [0.2, 0.25) is 5.02 Å². The summed E-state index contributed by atoms with van der Waals surface area (Å²) < 4.78 is 1.63. The highest BCUT2D eigenvalue weighted by Crippen LogP contribution is 2.24. The fraction of sp³-hybridized carbons (Fsp3) is 0.286. The van der Waals surface area contributed by atoms with Crippen molar-refractivity contribution in [3.05, 3.63) is 29.1 Å². The van der Waals surface area contributed by atoms with Crippen LogP contribution in [0, 0.1) is 0 Å². The number of H-pyrrole nitrogens is 1. The minimum atomic E-state index is -0.354. The summed E-state index contributed by atoms with van der Waals surface area (Å²) in [5.41, 5.74) is 3.34. The van der Waals surface area contributed by atoms with Crippen LogP contribution in [0.25, 0.3) is 0 Å². The monoisotopic (exact) mass is 227 g/mol. The molecule has 80 valence electrons. The Morgan fingerprint density at radius 3 is 2.93 bits per heavy atom. The Morgan fingerprint density at radius 1 is 1.67 bits per heavy atom. The molecule has 0 saturated carbocycles. The molecule has 0 aliphatic rings. The van der Waals surface area contributed by atoms with Gasteiger partial charge in [-0.3, -0.25) is 15.6 Å². The predicted molar refractivity (Wildman–Crippen MR) is 53.8 cm³/mol. The lowest BCUT2D eigenvalue weighted by Crippen LogP contribution is -2.31. The third-order valence-corrected chi connectivity index (χ3v) is 2.38. The first-order valence-corrected chi connectivity index (χ1v) is 4.60. The summed E-state index contributed by atoms with van der Waals surface area (Å²) in [4.78, 5) is 4.02. The molecule has 0 amide bonds. The van der Waals surface area contributed by atoms with Crippen LogP contribution in [-0.2, 0) is 7.05 Å². The van der Waals surface area contributed by atoms with E-state index in [1.807, 2.05) is 0 Å². The normalized spacial score (nSPS) is 13.0. The lowest BCUT2D eigenvalue weighted by atomic mass is 10.2. The molecule has 2 aromatic heterocycles. The number of hydrogen-bond acceptors (Lipinski definition) is 5. The van der Waals surface area contributed by atoms with Gasteiger partial charge in [-0.15, -0.1) is 0 Å². The van der Waals surface area contributed by atoms with Crippen LogP contribution in [-0.4, -0.2) is 25.0 Å². The van der Waals surface area contributed by atoms with Crippen molar-refractivity contribution < 1.29 is 0 Å². The van der Waals surface area contributed by atoms with Crippen molar-refractivity contribution >= 4 is 11.6 Å². The van der Waals surface area contributed by atoms with Crippen molar-refractivity contribution in [1.82, 2.24) is 30.4 Å². The second-order valence-electron chi connectivity index (χ2n) is 2.97. The van der Waals surface area contributed by atoms with Gasteiger partial charge in [0.15, 0.2) is 0 Å². The highest BCUT2D eigenvalue weighted by atomic mass is 35.5. The van der Waals surface area contributed by atoms with Crippen LogP contribution in [0.1, 0.15) is 17.6 Å². The van der Waals surface area contributed by atoms with E-state index in [-0.39, 0.29) is 6.04 Å².